The first kappa shape index (κ1) is 13.5. The number of fused-ring (bicyclic) bond motifs is 1. The Balaban J connectivity index is 1.87. The lowest BCUT2D eigenvalue weighted by Crippen LogP contribution is -2.36. The number of rotatable bonds is 4. The number of nitrogens with zero attached hydrogens (tertiary/aromatic N) is 1. The van der Waals surface area contributed by atoms with Crippen LogP contribution in [-0.2, 0) is 17.8 Å². The van der Waals surface area contributed by atoms with Gasteiger partial charge in [0.15, 0.2) is 0 Å². The number of thioether (sulfide) groups is 1. The van der Waals surface area contributed by atoms with Crippen molar-refractivity contribution < 1.29 is 4.79 Å². The minimum absolute atomic E-state index is 0.303. The first-order valence-corrected chi connectivity index (χ1v) is 7.68. The summed E-state index contributed by atoms with van der Waals surface area (Å²) in [6.45, 7) is 6.02. The molecule has 1 aromatic rings. The monoisotopic (exact) mass is 263 g/mol. The summed E-state index contributed by atoms with van der Waals surface area (Å²) in [6.07, 6.45) is 1.67. The maximum atomic E-state index is 12.1. The van der Waals surface area contributed by atoms with E-state index >= 15 is 0 Å². The van der Waals surface area contributed by atoms with E-state index in [1.54, 1.807) is 0 Å². The number of hydrogen-bond donors (Lipinski definition) is 0. The van der Waals surface area contributed by atoms with Crippen molar-refractivity contribution >= 4 is 17.7 Å². The fourth-order valence-electron chi connectivity index (χ4n) is 2.25. The van der Waals surface area contributed by atoms with Gasteiger partial charge in [-0.25, -0.2) is 0 Å². The van der Waals surface area contributed by atoms with Gasteiger partial charge in [-0.15, -0.1) is 0 Å². The van der Waals surface area contributed by atoms with E-state index in [2.05, 4.69) is 38.1 Å². The molecule has 1 aliphatic heterocycles. The van der Waals surface area contributed by atoms with Crippen LogP contribution in [0.2, 0.25) is 0 Å². The standard InChI is InChI=1S/C15H21NOS/c1-12(2)18-10-8-15(17)16-9-7-13-5-3-4-6-14(13)11-16/h3-6,12H,7-11H2,1-2H3. The Kier molecular flexibility index (Phi) is 4.70. The number of carbonyl (C=O) groups excluding carboxylic acids is 1. The minimum atomic E-state index is 0.303. The van der Waals surface area contributed by atoms with Gasteiger partial charge in [-0.05, 0) is 22.8 Å². The van der Waals surface area contributed by atoms with Crippen molar-refractivity contribution in [3.05, 3.63) is 35.4 Å². The fraction of sp³-hybridized carbons (Fsp3) is 0.533. The smallest absolute Gasteiger partial charge is 0.223 e. The molecule has 1 heterocycles. The van der Waals surface area contributed by atoms with E-state index in [0.29, 0.717) is 17.6 Å². The summed E-state index contributed by atoms with van der Waals surface area (Å²) in [5, 5.41) is 0.611. The zero-order chi connectivity index (χ0) is 13.0. The van der Waals surface area contributed by atoms with Crippen LogP contribution in [0.1, 0.15) is 31.4 Å². The molecule has 1 aromatic carbocycles. The summed E-state index contributed by atoms with van der Waals surface area (Å²) in [4.78, 5) is 14.1. The van der Waals surface area contributed by atoms with Crippen molar-refractivity contribution in [1.82, 2.24) is 4.90 Å². The van der Waals surface area contributed by atoms with Crippen LogP contribution in [0.3, 0.4) is 0 Å². The Hall–Kier alpha value is -0.960. The van der Waals surface area contributed by atoms with E-state index in [-0.39, 0.29) is 0 Å². The highest BCUT2D eigenvalue weighted by atomic mass is 32.2. The second-order valence-corrected chi connectivity index (χ2v) is 6.69. The average molecular weight is 263 g/mol. The quantitative estimate of drug-likeness (QED) is 0.832. The molecular formula is C15H21NOS. The molecule has 0 unspecified atom stereocenters. The van der Waals surface area contributed by atoms with Crippen LogP contribution in [0.25, 0.3) is 0 Å². The number of amides is 1. The van der Waals surface area contributed by atoms with E-state index < -0.39 is 0 Å². The van der Waals surface area contributed by atoms with Gasteiger partial charge in [-0.1, -0.05) is 38.1 Å². The topological polar surface area (TPSA) is 20.3 Å². The average Bonchev–Trinajstić information content (AvgIpc) is 2.37. The molecule has 0 atom stereocenters. The number of carbonyl (C=O) groups is 1. The van der Waals surface area contributed by atoms with Crippen LogP contribution in [0, 0.1) is 0 Å². The summed E-state index contributed by atoms with van der Waals surface area (Å²) < 4.78 is 0. The third-order valence-corrected chi connectivity index (χ3v) is 4.36. The fourth-order valence-corrected chi connectivity index (χ4v) is 3.01. The highest BCUT2D eigenvalue weighted by Gasteiger charge is 2.19. The third-order valence-electron chi connectivity index (χ3n) is 3.25. The van der Waals surface area contributed by atoms with Crippen molar-refractivity contribution in [3.63, 3.8) is 0 Å². The van der Waals surface area contributed by atoms with Gasteiger partial charge in [0.25, 0.3) is 0 Å². The largest absolute Gasteiger partial charge is 0.338 e. The van der Waals surface area contributed by atoms with Gasteiger partial charge in [0, 0.05) is 25.3 Å². The first-order chi connectivity index (χ1) is 8.66. The SMILES string of the molecule is CC(C)SCCC(=O)N1CCc2ccccc2C1. The Morgan fingerprint density at radius 2 is 2.06 bits per heavy atom. The van der Waals surface area contributed by atoms with E-state index in [1.807, 2.05) is 16.7 Å². The predicted molar refractivity (Wildman–Crippen MR) is 77.8 cm³/mol. The van der Waals surface area contributed by atoms with Crippen LogP contribution < -0.4 is 0 Å². The van der Waals surface area contributed by atoms with Gasteiger partial charge < -0.3 is 4.90 Å². The molecule has 3 heteroatoms. The Morgan fingerprint density at radius 1 is 1.33 bits per heavy atom. The Labute approximate surface area is 114 Å². The van der Waals surface area contributed by atoms with Gasteiger partial charge in [-0.2, -0.15) is 11.8 Å². The van der Waals surface area contributed by atoms with Gasteiger partial charge in [0.05, 0.1) is 0 Å². The summed E-state index contributed by atoms with van der Waals surface area (Å²) in [5.41, 5.74) is 2.71. The van der Waals surface area contributed by atoms with E-state index in [9.17, 15) is 4.79 Å². The second-order valence-electron chi connectivity index (χ2n) is 5.00. The van der Waals surface area contributed by atoms with Crippen molar-refractivity contribution in [1.29, 1.82) is 0 Å². The van der Waals surface area contributed by atoms with Crippen LogP contribution in [0.5, 0.6) is 0 Å². The highest BCUT2D eigenvalue weighted by molar-refractivity contribution is 7.99. The van der Waals surface area contributed by atoms with Gasteiger partial charge >= 0.3 is 0 Å². The molecular weight excluding hydrogens is 242 g/mol. The first-order valence-electron chi connectivity index (χ1n) is 6.63. The van der Waals surface area contributed by atoms with Crippen LogP contribution in [0.4, 0.5) is 0 Å². The van der Waals surface area contributed by atoms with Crippen LogP contribution in [0.15, 0.2) is 24.3 Å². The molecule has 0 aliphatic carbocycles. The molecule has 0 fully saturated rings. The maximum Gasteiger partial charge on any atom is 0.223 e. The molecule has 0 spiro atoms. The zero-order valence-electron chi connectivity index (χ0n) is 11.2. The summed E-state index contributed by atoms with van der Waals surface area (Å²) >= 11 is 1.86. The summed E-state index contributed by atoms with van der Waals surface area (Å²) in [7, 11) is 0. The van der Waals surface area contributed by atoms with Crippen LogP contribution in [-0.4, -0.2) is 28.4 Å². The summed E-state index contributed by atoms with van der Waals surface area (Å²) in [5.74, 6) is 1.24. The molecule has 0 N–H and O–H groups in total. The molecule has 0 aromatic heterocycles. The molecule has 1 aliphatic rings. The van der Waals surface area contributed by atoms with Crippen LogP contribution >= 0.6 is 11.8 Å². The highest BCUT2D eigenvalue weighted by Crippen LogP contribution is 2.19. The van der Waals surface area contributed by atoms with Crippen molar-refractivity contribution in [2.24, 2.45) is 0 Å². The molecule has 18 heavy (non-hydrogen) atoms. The molecule has 2 nitrogen and oxygen atoms in total. The normalized spacial score (nSPS) is 14.7. The zero-order valence-corrected chi connectivity index (χ0v) is 12.0. The molecule has 0 radical (unpaired) electrons. The molecule has 1 amide bonds. The number of hydrogen-bond acceptors (Lipinski definition) is 2. The van der Waals surface area contributed by atoms with Gasteiger partial charge in [0.1, 0.15) is 0 Å². The lowest BCUT2D eigenvalue weighted by atomic mass is 10.00. The molecule has 98 valence electrons. The van der Waals surface area contributed by atoms with E-state index in [4.69, 9.17) is 0 Å². The molecule has 0 saturated heterocycles. The third kappa shape index (κ3) is 3.52. The Bertz CT molecular complexity index is 417. The lowest BCUT2D eigenvalue weighted by Gasteiger charge is -2.29. The lowest BCUT2D eigenvalue weighted by molar-refractivity contribution is -0.131. The van der Waals surface area contributed by atoms with Crippen molar-refractivity contribution in [2.75, 3.05) is 12.3 Å². The second kappa shape index (κ2) is 6.28. The van der Waals surface area contributed by atoms with Gasteiger partial charge in [0.2, 0.25) is 5.91 Å². The summed E-state index contributed by atoms with van der Waals surface area (Å²) in [6, 6.07) is 8.44. The van der Waals surface area contributed by atoms with E-state index in [1.165, 1.54) is 11.1 Å². The molecule has 2 rings (SSSR count). The molecule has 0 saturated carbocycles. The maximum absolute atomic E-state index is 12.1. The minimum Gasteiger partial charge on any atom is -0.338 e. The van der Waals surface area contributed by atoms with Crippen molar-refractivity contribution in [2.45, 2.75) is 38.5 Å². The van der Waals surface area contributed by atoms with Gasteiger partial charge in [-0.3, -0.25) is 4.79 Å². The van der Waals surface area contributed by atoms with E-state index in [0.717, 1.165) is 25.3 Å². The number of benzene rings is 1. The predicted octanol–water partition coefficient (Wildman–Crippen LogP) is 3.10. The Morgan fingerprint density at radius 3 is 2.78 bits per heavy atom. The van der Waals surface area contributed by atoms with Crippen molar-refractivity contribution in [3.8, 4) is 0 Å². The molecule has 0 bridgehead atoms.